The monoisotopic (exact) mass is 568 g/mol. The Hall–Kier alpha value is -3.75. The minimum atomic E-state index is -1.41. The summed E-state index contributed by atoms with van der Waals surface area (Å²) in [5, 5.41) is 20.8. The van der Waals surface area contributed by atoms with E-state index in [1.165, 1.54) is 11.6 Å². The van der Waals surface area contributed by atoms with Crippen molar-refractivity contribution in [3.05, 3.63) is 93.0 Å². The molecule has 5 N–H and O–H groups in total. The second-order valence-electron chi connectivity index (χ2n) is 9.70. The number of carbonyl (C=O) groups excluding carboxylic acids is 2. The van der Waals surface area contributed by atoms with Gasteiger partial charge in [-0.15, -0.1) is 0 Å². The number of urea groups is 1. The van der Waals surface area contributed by atoms with E-state index < -0.39 is 23.9 Å². The van der Waals surface area contributed by atoms with E-state index in [9.17, 15) is 19.5 Å². The zero-order chi connectivity index (χ0) is 28.1. The Morgan fingerprint density at radius 2 is 1.79 bits per heavy atom. The topological polar surface area (TPSA) is 120 Å². The maximum absolute atomic E-state index is 13.1. The second-order valence-corrected chi connectivity index (χ2v) is 10.5. The molecule has 0 aliphatic heterocycles. The van der Waals surface area contributed by atoms with Crippen LogP contribution in [0.15, 0.2) is 60.7 Å². The molecule has 3 aromatic rings. The number of amides is 3. The third kappa shape index (κ3) is 6.82. The Labute approximate surface area is 237 Å². The lowest BCUT2D eigenvalue weighted by Crippen LogP contribution is -2.50. The van der Waals surface area contributed by atoms with Crippen molar-refractivity contribution in [1.82, 2.24) is 16.0 Å². The highest BCUT2D eigenvalue weighted by molar-refractivity contribution is 6.41. The van der Waals surface area contributed by atoms with Crippen molar-refractivity contribution in [1.29, 1.82) is 0 Å². The first-order chi connectivity index (χ1) is 18.6. The van der Waals surface area contributed by atoms with Crippen molar-refractivity contribution in [3.63, 3.8) is 0 Å². The molecule has 0 fully saturated rings. The number of hydrogen-bond donors (Lipinski definition) is 5. The maximum atomic E-state index is 13.1. The van der Waals surface area contributed by atoms with Gasteiger partial charge in [-0.2, -0.15) is 0 Å². The number of halogens is 2. The van der Waals surface area contributed by atoms with E-state index in [1.807, 2.05) is 48.5 Å². The van der Waals surface area contributed by atoms with E-state index >= 15 is 0 Å². The summed E-state index contributed by atoms with van der Waals surface area (Å²) in [6.07, 6.45) is 1.61. The molecule has 4 rings (SSSR count). The van der Waals surface area contributed by atoms with Gasteiger partial charge < -0.3 is 26.4 Å². The largest absolute Gasteiger partial charge is 0.480 e. The van der Waals surface area contributed by atoms with Crippen LogP contribution in [0.2, 0.25) is 10.0 Å². The van der Waals surface area contributed by atoms with Crippen LogP contribution in [0.1, 0.15) is 59.3 Å². The standard InChI is InChI=1S/C29H30Cl2N4O4/c1-16(2)18-7-5-8-19(14-18)33-23-13-11-21(30)25(26(23)31)27(36)34-24(28(37)38)15-32-29(39)35-22-12-10-17-6-3-4-9-20(17)22/h3-9,11,13-14,16,22,24,33H,10,12,15H2,1-2H3,(H,34,36)(H,37,38)(H2,32,35,39)/t22-,24?/m1/s1. The SMILES string of the molecule is CC(C)c1cccc(Nc2ccc(Cl)c(C(=O)NC(CNC(=O)N[C@@H]3CCc4ccccc43)C(=O)O)c2Cl)c1. The van der Waals surface area contributed by atoms with E-state index in [1.54, 1.807) is 6.07 Å². The molecule has 0 radical (unpaired) electrons. The molecule has 2 atom stereocenters. The van der Waals surface area contributed by atoms with Crippen LogP contribution in [-0.2, 0) is 11.2 Å². The van der Waals surface area contributed by atoms with Gasteiger partial charge in [-0.25, -0.2) is 9.59 Å². The number of nitrogens with one attached hydrogen (secondary N) is 4. The fourth-order valence-electron chi connectivity index (χ4n) is 4.53. The second kappa shape index (κ2) is 12.4. The molecule has 204 valence electrons. The molecule has 3 amide bonds. The van der Waals surface area contributed by atoms with Crippen LogP contribution >= 0.6 is 23.2 Å². The fourth-order valence-corrected chi connectivity index (χ4v) is 5.12. The summed E-state index contributed by atoms with van der Waals surface area (Å²) < 4.78 is 0. The number of anilines is 2. The van der Waals surface area contributed by atoms with Gasteiger partial charge in [-0.1, -0.05) is 73.4 Å². The molecule has 1 unspecified atom stereocenters. The van der Waals surface area contributed by atoms with Gasteiger partial charge in [0.2, 0.25) is 0 Å². The van der Waals surface area contributed by atoms with Crippen molar-refractivity contribution in [2.75, 3.05) is 11.9 Å². The van der Waals surface area contributed by atoms with Crippen LogP contribution in [0.25, 0.3) is 0 Å². The summed E-state index contributed by atoms with van der Waals surface area (Å²) in [6, 6.07) is 16.7. The van der Waals surface area contributed by atoms with Crippen molar-refractivity contribution in [2.45, 2.75) is 44.7 Å². The zero-order valence-corrected chi connectivity index (χ0v) is 23.1. The number of benzene rings is 3. The highest BCUT2D eigenvalue weighted by Crippen LogP contribution is 2.34. The molecule has 0 saturated heterocycles. The number of aliphatic carboxylic acids is 1. The van der Waals surface area contributed by atoms with Crippen molar-refractivity contribution in [2.24, 2.45) is 0 Å². The van der Waals surface area contributed by atoms with Crippen LogP contribution in [0, 0.1) is 0 Å². The van der Waals surface area contributed by atoms with Crippen LogP contribution in [-0.4, -0.2) is 35.6 Å². The molecule has 0 bridgehead atoms. The summed E-state index contributed by atoms with van der Waals surface area (Å²) in [7, 11) is 0. The molecule has 0 heterocycles. The molecule has 10 heteroatoms. The molecule has 1 aliphatic carbocycles. The van der Waals surface area contributed by atoms with E-state index in [0.717, 1.165) is 29.7 Å². The van der Waals surface area contributed by atoms with Crippen LogP contribution in [0.3, 0.4) is 0 Å². The number of carboxylic acids is 1. The summed E-state index contributed by atoms with van der Waals surface area (Å²) in [6.45, 7) is 3.83. The van der Waals surface area contributed by atoms with Crippen LogP contribution in [0.5, 0.6) is 0 Å². The molecule has 8 nitrogen and oxygen atoms in total. The molecule has 3 aromatic carbocycles. The number of carboxylic acid groups (broad SMARTS) is 1. The predicted molar refractivity (Wildman–Crippen MR) is 153 cm³/mol. The van der Waals surface area contributed by atoms with E-state index in [2.05, 4.69) is 35.1 Å². The first kappa shape index (κ1) is 28.3. The van der Waals surface area contributed by atoms with Gasteiger partial charge >= 0.3 is 12.0 Å². The lowest BCUT2D eigenvalue weighted by molar-refractivity contribution is -0.139. The Morgan fingerprint density at radius 3 is 2.54 bits per heavy atom. The summed E-state index contributed by atoms with van der Waals surface area (Å²) in [4.78, 5) is 37.5. The maximum Gasteiger partial charge on any atom is 0.328 e. The first-order valence-electron chi connectivity index (χ1n) is 12.6. The Kier molecular flexibility index (Phi) is 8.99. The molecule has 39 heavy (non-hydrogen) atoms. The molecule has 1 aliphatic rings. The lowest BCUT2D eigenvalue weighted by Gasteiger charge is -2.19. The molecular formula is C29H30Cl2N4O4. The van der Waals surface area contributed by atoms with Gasteiger partial charge in [0.25, 0.3) is 5.91 Å². The van der Waals surface area contributed by atoms with E-state index in [0.29, 0.717) is 11.6 Å². The first-order valence-corrected chi connectivity index (χ1v) is 13.4. The Balaban J connectivity index is 1.41. The smallest absolute Gasteiger partial charge is 0.328 e. The van der Waals surface area contributed by atoms with Crippen molar-refractivity contribution < 1.29 is 19.5 Å². The lowest BCUT2D eigenvalue weighted by atomic mass is 10.0. The van der Waals surface area contributed by atoms with Gasteiger partial charge in [0.15, 0.2) is 0 Å². The van der Waals surface area contributed by atoms with Gasteiger partial charge in [-0.3, -0.25) is 4.79 Å². The Bertz CT molecular complexity index is 1400. The average Bonchev–Trinajstić information content (AvgIpc) is 3.31. The number of aryl methyl sites for hydroxylation is 1. The molecular weight excluding hydrogens is 539 g/mol. The average molecular weight is 569 g/mol. The number of fused-ring (bicyclic) bond motifs is 1. The van der Waals surface area contributed by atoms with E-state index in [4.69, 9.17) is 23.2 Å². The van der Waals surface area contributed by atoms with Gasteiger partial charge in [0.05, 0.1) is 33.9 Å². The van der Waals surface area contributed by atoms with Gasteiger partial charge in [0, 0.05) is 5.69 Å². The quantitative estimate of drug-likeness (QED) is 0.216. The number of carbonyl (C=O) groups is 3. The van der Waals surface area contributed by atoms with Crippen molar-refractivity contribution >= 4 is 52.5 Å². The summed E-state index contributed by atoms with van der Waals surface area (Å²) in [5.74, 6) is -1.77. The molecule has 0 aromatic heterocycles. The summed E-state index contributed by atoms with van der Waals surface area (Å²) in [5.41, 5.74) is 4.50. The number of hydrogen-bond acceptors (Lipinski definition) is 4. The summed E-state index contributed by atoms with van der Waals surface area (Å²) >= 11 is 12.8. The van der Waals surface area contributed by atoms with Gasteiger partial charge in [-0.05, 0) is 59.7 Å². The van der Waals surface area contributed by atoms with Crippen LogP contribution < -0.4 is 21.3 Å². The normalized spacial score (nSPS) is 14.8. The zero-order valence-electron chi connectivity index (χ0n) is 21.6. The Morgan fingerprint density at radius 1 is 1.03 bits per heavy atom. The predicted octanol–water partition coefficient (Wildman–Crippen LogP) is 6.03. The third-order valence-electron chi connectivity index (χ3n) is 6.66. The van der Waals surface area contributed by atoms with Gasteiger partial charge in [0.1, 0.15) is 6.04 Å². The minimum Gasteiger partial charge on any atom is -0.480 e. The van der Waals surface area contributed by atoms with E-state index in [-0.39, 0.29) is 28.2 Å². The minimum absolute atomic E-state index is 0.0460. The van der Waals surface area contributed by atoms with Crippen molar-refractivity contribution in [3.8, 4) is 0 Å². The van der Waals surface area contributed by atoms with Crippen LogP contribution in [0.4, 0.5) is 16.2 Å². The molecule has 0 spiro atoms. The number of rotatable bonds is 9. The molecule has 0 saturated carbocycles. The third-order valence-corrected chi connectivity index (χ3v) is 7.37. The fraction of sp³-hybridized carbons (Fsp3) is 0.276. The highest BCUT2D eigenvalue weighted by atomic mass is 35.5. The highest BCUT2D eigenvalue weighted by Gasteiger charge is 2.27.